The summed E-state index contributed by atoms with van der Waals surface area (Å²) in [5, 5.41) is 4.75. The van der Waals surface area contributed by atoms with Crippen molar-refractivity contribution in [1.82, 2.24) is 5.43 Å². The summed E-state index contributed by atoms with van der Waals surface area (Å²) >= 11 is 6.19. The molecule has 0 fully saturated rings. The Labute approximate surface area is 127 Å². The summed E-state index contributed by atoms with van der Waals surface area (Å²) in [4.78, 5) is 6.59. The fraction of sp³-hybridized carbons (Fsp3) is 0. The largest absolute Gasteiger partial charge is 0.282 e. The van der Waals surface area contributed by atoms with E-state index in [0.29, 0.717) is 5.02 Å². The third-order valence-electron chi connectivity index (χ3n) is 3.45. The molecule has 1 N–H and O–H groups in total. The van der Waals surface area contributed by atoms with Crippen LogP contribution in [0.25, 0.3) is 0 Å². The van der Waals surface area contributed by atoms with Crippen LogP contribution in [-0.2, 0) is 0 Å². The molecule has 0 spiro atoms. The molecule has 0 aromatic heterocycles. The molecule has 4 nitrogen and oxygen atoms in total. The summed E-state index contributed by atoms with van der Waals surface area (Å²) in [7, 11) is 0. The SMILES string of the molecule is Clc1ccc2c(c1)C(c1ccccc1)=NC=C1NN=CN12. The van der Waals surface area contributed by atoms with E-state index < -0.39 is 0 Å². The Morgan fingerprint density at radius 2 is 1.90 bits per heavy atom. The average molecular weight is 295 g/mol. The van der Waals surface area contributed by atoms with Crippen molar-refractivity contribution in [2.75, 3.05) is 4.90 Å². The van der Waals surface area contributed by atoms with Gasteiger partial charge in [0.2, 0.25) is 0 Å². The van der Waals surface area contributed by atoms with E-state index in [1.165, 1.54) is 0 Å². The number of hydrazone groups is 1. The molecule has 4 rings (SSSR count). The van der Waals surface area contributed by atoms with Gasteiger partial charge in [0.1, 0.15) is 6.34 Å². The lowest BCUT2D eigenvalue weighted by molar-refractivity contribution is 0.915. The normalized spacial score (nSPS) is 15.6. The van der Waals surface area contributed by atoms with Crippen molar-refractivity contribution >= 4 is 29.3 Å². The highest BCUT2D eigenvalue weighted by molar-refractivity contribution is 6.31. The molecule has 0 amide bonds. The Balaban J connectivity index is 1.96. The summed E-state index contributed by atoms with van der Waals surface area (Å²) in [6.45, 7) is 0. The minimum absolute atomic E-state index is 0.685. The first-order chi connectivity index (χ1) is 10.3. The summed E-state index contributed by atoms with van der Waals surface area (Å²) in [6.07, 6.45) is 3.52. The fourth-order valence-electron chi connectivity index (χ4n) is 2.48. The van der Waals surface area contributed by atoms with Crippen LogP contribution in [0.1, 0.15) is 11.1 Å². The van der Waals surface area contributed by atoms with E-state index in [4.69, 9.17) is 11.6 Å². The van der Waals surface area contributed by atoms with Gasteiger partial charge in [0.05, 0.1) is 17.6 Å². The summed E-state index contributed by atoms with van der Waals surface area (Å²) in [5.74, 6) is 0.824. The Bertz CT molecular complexity index is 793. The molecule has 102 valence electrons. The highest BCUT2D eigenvalue weighted by Crippen LogP contribution is 2.31. The maximum absolute atomic E-state index is 6.19. The highest BCUT2D eigenvalue weighted by atomic mass is 35.5. The standard InChI is InChI=1S/C16H11ClN4/c17-12-6-7-14-13(8-12)16(11-4-2-1-3-5-11)18-9-15-20-19-10-21(14)15/h1-10,20H. The Kier molecular flexibility index (Phi) is 2.75. The van der Waals surface area contributed by atoms with Crippen molar-refractivity contribution in [3.05, 3.63) is 76.7 Å². The zero-order valence-electron chi connectivity index (χ0n) is 11.0. The zero-order chi connectivity index (χ0) is 14.2. The maximum atomic E-state index is 6.19. The van der Waals surface area contributed by atoms with Crippen LogP contribution < -0.4 is 10.3 Å². The minimum Gasteiger partial charge on any atom is -0.282 e. The topological polar surface area (TPSA) is 40.0 Å². The van der Waals surface area contributed by atoms with Gasteiger partial charge in [0, 0.05) is 16.1 Å². The van der Waals surface area contributed by atoms with Crippen LogP contribution in [0.15, 0.2) is 70.6 Å². The van der Waals surface area contributed by atoms with Gasteiger partial charge in [-0.1, -0.05) is 41.9 Å². The minimum atomic E-state index is 0.685. The van der Waals surface area contributed by atoms with Crippen LogP contribution in [0.5, 0.6) is 0 Å². The Morgan fingerprint density at radius 1 is 1.05 bits per heavy atom. The fourth-order valence-corrected chi connectivity index (χ4v) is 2.65. The first kappa shape index (κ1) is 12.2. The molecule has 21 heavy (non-hydrogen) atoms. The van der Waals surface area contributed by atoms with Crippen molar-refractivity contribution < 1.29 is 0 Å². The van der Waals surface area contributed by atoms with Gasteiger partial charge in [-0.05, 0) is 18.2 Å². The molecule has 2 heterocycles. The number of aliphatic imine (C=N–C) groups is 1. The number of halogens is 1. The van der Waals surface area contributed by atoms with Gasteiger partial charge in [0.15, 0.2) is 5.82 Å². The number of anilines is 1. The number of hydrogen-bond acceptors (Lipinski definition) is 4. The van der Waals surface area contributed by atoms with Crippen molar-refractivity contribution in [3.8, 4) is 0 Å². The molecular formula is C16H11ClN4. The summed E-state index contributed by atoms with van der Waals surface area (Å²) < 4.78 is 0. The lowest BCUT2D eigenvalue weighted by Crippen LogP contribution is -2.21. The van der Waals surface area contributed by atoms with Crippen LogP contribution in [0, 0.1) is 0 Å². The molecular weight excluding hydrogens is 284 g/mol. The number of fused-ring (bicyclic) bond motifs is 3. The molecule has 0 bridgehead atoms. The number of benzene rings is 2. The van der Waals surface area contributed by atoms with Crippen molar-refractivity contribution in [3.63, 3.8) is 0 Å². The molecule has 0 unspecified atom stereocenters. The van der Waals surface area contributed by atoms with E-state index in [1.54, 1.807) is 12.5 Å². The highest BCUT2D eigenvalue weighted by Gasteiger charge is 2.23. The monoisotopic (exact) mass is 294 g/mol. The van der Waals surface area contributed by atoms with Crippen molar-refractivity contribution in [2.24, 2.45) is 10.1 Å². The molecule has 2 aliphatic heterocycles. The van der Waals surface area contributed by atoms with Gasteiger partial charge in [-0.15, -0.1) is 0 Å². The molecule has 0 saturated carbocycles. The van der Waals surface area contributed by atoms with E-state index in [0.717, 1.165) is 28.3 Å². The van der Waals surface area contributed by atoms with Gasteiger partial charge in [-0.25, -0.2) is 0 Å². The van der Waals surface area contributed by atoms with Gasteiger partial charge in [-0.3, -0.25) is 15.3 Å². The van der Waals surface area contributed by atoms with E-state index in [9.17, 15) is 0 Å². The Hall–Kier alpha value is -2.59. The number of rotatable bonds is 1. The predicted molar refractivity (Wildman–Crippen MR) is 85.7 cm³/mol. The van der Waals surface area contributed by atoms with Crippen LogP contribution >= 0.6 is 11.6 Å². The molecule has 0 aliphatic carbocycles. The van der Waals surface area contributed by atoms with E-state index in [-0.39, 0.29) is 0 Å². The first-order valence-corrected chi connectivity index (χ1v) is 6.92. The van der Waals surface area contributed by atoms with Crippen LogP contribution in [-0.4, -0.2) is 12.1 Å². The molecule has 0 atom stereocenters. The molecule has 2 aliphatic rings. The van der Waals surface area contributed by atoms with Gasteiger partial charge >= 0.3 is 0 Å². The second-order valence-corrected chi connectivity index (χ2v) is 5.18. The third-order valence-corrected chi connectivity index (χ3v) is 3.68. The van der Waals surface area contributed by atoms with E-state index in [2.05, 4.69) is 15.5 Å². The summed E-state index contributed by atoms with van der Waals surface area (Å²) in [6, 6.07) is 15.9. The van der Waals surface area contributed by atoms with Crippen molar-refractivity contribution in [2.45, 2.75) is 0 Å². The quantitative estimate of drug-likeness (QED) is 0.876. The maximum Gasteiger partial charge on any atom is 0.151 e. The van der Waals surface area contributed by atoms with Crippen LogP contribution in [0.3, 0.4) is 0 Å². The molecule has 0 radical (unpaired) electrons. The number of hydrogen-bond donors (Lipinski definition) is 1. The molecule has 5 heteroatoms. The predicted octanol–water partition coefficient (Wildman–Crippen LogP) is 3.34. The number of nitrogens with one attached hydrogen (secondary N) is 1. The van der Waals surface area contributed by atoms with Crippen LogP contribution in [0.4, 0.5) is 5.69 Å². The third kappa shape index (κ3) is 2.00. The van der Waals surface area contributed by atoms with Crippen molar-refractivity contribution in [1.29, 1.82) is 0 Å². The van der Waals surface area contributed by atoms with Gasteiger partial charge < -0.3 is 0 Å². The average Bonchev–Trinajstić information content (AvgIpc) is 2.92. The first-order valence-electron chi connectivity index (χ1n) is 6.55. The smallest absolute Gasteiger partial charge is 0.151 e. The second-order valence-electron chi connectivity index (χ2n) is 4.75. The van der Waals surface area contributed by atoms with Gasteiger partial charge in [-0.2, -0.15) is 5.10 Å². The van der Waals surface area contributed by atoms with E-state index in [1.807, 2.05) is 53.4 Å². The second kappa shape index (κ2) is 4.75. The van der Waals surface area contributed by atoms with E-state index >= 15 is 0 Å². The zero-order valence-corrected chi connectivity index (χ0v) is 11.7. The Morgan fingerprint density at radius 3 is 2.76 bits per heavy atom. The van der Waals surface area contributed by atoms with Crippen LogP contribution in [0.2, 0.25) is 5.02 Å². The molecule has 0 saturated heterocycles. The molecule has 2 aromatic rings. The summed E-state index contributed by atoms with van der Waals surface area (Å²) in [5.41, 5.74) is 6.87. The lowest BCUT2D eigenvalue weighted by Gasteiger charge is -2.18. The molecule has 2 aromatic carbocycles. The lowest BCUT2D eigenvalue weighted by atomic mass is 10.0. The number of nitrogens with zero attached hydrogens (tertiary/aromatic N) is 3. The van der Waals surface area contributed by atoms with Gasteiger partial charge in [0.25, 0.3) is 0 Å².